The van der Waals surface area contributed by atoms with Crippen LogP contribution in [0.25, 0.3) is 0 Å². The fourth-order valence-corrected chi connectivity index (χ4v) is 1.47. The number of aromatic hydroxyl groups is 1. The molecule has 0 saturated heterocycles. The van der Waals surface area contributed by atoms with E-state index in [-0.39, 0.29) is 11.7 Å². The maximum atomic E-state index is 11.8. The molecule has 1 N–H and O–H groups in total. The molecule has 2 aromatic rings. The van der Waals surface area contributed by atoms with Crippen molar-refractivity contribution in [3.63, 3.8) is 0 Å². The molecule has 1 heterocycles. The standard InChI is InChI=1S/C14H14N2O3/c1-16(2)14(18)13-9-12(7-8-15-13)19-11-5-3-10(17)4-6-11/h3-9,17H,1-2H3. The molecule has 1 amide bonds. The highest BCUT2D eigenvalue weighted by Crippen LogP contribution is 2.23. The lowest BCUT2D eigenvalue weighted by molar-refractivity contribution is 0.0821. The summed E-state index contributed by atoms with van der Waals surface area (Å²) in [5.74, 6) is 1.08. The summed E-state index contributed by atoms with van der Waals surface area (Å²) >= 11 is 0. The number of phenolic OH excluding ortho intramolecular Hbond substituents is 1. The van der Waals surface area contributed by atoms with Crippen LogP contribution in [-0.4, -0.2) is 35.0 Å². The molecule has 0 spiro atoms. The van der Waals surface area contributed by atoms with E-state index in [1.807, 2.05) is 0 Å². The van der Waals surface area contributed by atoms with Crippen LogP contribution in [0.5, 0.6) is 17.2 Å². The molecule has 0 radical (unpaired) electrons. The summed E-state index contributed by atoms with van der Waals surface area (Å²) in [4.78, 5) is 17.2. The molecule has 2 rings (SSSR count). The van der Waals surface area contributed by atoms with Gasteiger partial charge in [0.15, 0.2) is 0 Å². The van der Waals surface area contributed by atoms with E-state index in [0.717, 1.165) is 0 Å². The Kier molecular flexibility index (Phi) is 3.66. The second-order valence-corrected chi connectivity index (χ2v) is 4.17. The van der Waals surface area contributed by atoms with E-state index in [9.17, 15) is 9.90 Å². The third kappa shape index (κ3) is 3.22. The van der Waals surface area contributed by atoms with Gasteiger partial charge in [0.1, 0.15) is 22.9 Å². The Morgan fingerprint density at radius 3 is 2.47 bits per heavy atom. The predicted octanol–water partition coefficient (Wildman–Crippen LogP) is 2.28. The van der Waals surface area contributed by atoms with Crippen LogP contribution in [-0.2, 0) is 0 Å². The normalized spacial score (nSPS) is 10.0. The molecular formula is C14H14N2O3. The highest BCUT2D eigenvalue weighted by molar-refractivity contribution is 5.92. The van der Waals surface area contributed by atoms with Gasteiger partial charge in [0.05, 0.1) is 0 Å². The number of pyridine rings is 1. The van der Waals surface area contributed by atoms with Gasteiger partial charge in [-0.3, -0.25) is 9.78 Å². The Hall–Kier alpha value is -2.56. The summed E-state index contributed by atoms with van der Waals surface area (Å²) < 4.78 is 5.58. The monoisotopic (exact) mass is 258 g/mol. The lowest BCUT2D eigenvalue weighted by Crippen LogP contribution is -2.22. The summed E-state index contributed by atoms with van der Waals surface area (Å²) in [5, 5.41) is 9.18. The first-order valence-corrected chi connectivity index (χ1v) is 5.71. The minimum absolute atomic E-state index is 0.172. The molecule has 0 aliphatic rings. The lowest BCUT2D eigenvalue weighted by atomic mass is 10.3. The number of amides is 1. The average Bonchev–Trinajstić information content (AvgIpc) is 2.41. The average molecular weight is 258 g/mol. The first-order chi connectivity index (χ1) is 9.06. The van der Waals surface area contributed by atoms with Crippen molar-refractivity contribution < 1.29 is 14.6 Å². The van der Waals surface area contributed by atoms with E-state index in [1.54, 1.807) is 38.4 Å². The minimum Gasteiger partial charge on any atom is -0.508 e. The highest BCUT2D eigenvalue weighted by atomic mass is 16.5. The SMILES string of the molecule is CN(C)C(=O)c1cc(Oc2ccc(O)cc2)ccn1. The molecule has 5 heteroatoms. The molecule has 0 unspecified atom stereocenters. The van der Waals surface area contributed by atoms with Crippen LogP contribution in [0.2, 0.25) is 0 Å². The Morgan fingerprint density at radius 1 is 1.16 bits per heavy atom. The highest BCUT2D eigenvalue weighted by Gasteiger charge is 2.10. The third-order valence-electron chi connectivity index (χ3n) is 2.43. The van der Waals surface area contributed by atoms with Gasteiger partial charge in [-0.15, -0.1) is 0 Å². The maximum Gasteiger partial charge on any atom is 0.272 e. The molecule has 0 bridgehead atoms. The Morgan fingerprint density at radius 2 is 1.84 bits per heavy atom. The van der Waals surface area contributed by atoms with E-state index >= 15 is 0 Å². The predicted molar refractivity (Wildman–Crippen MR) is 70.4 cm³/mol. The van der Waals surface area contributed by atoms with Crippen molar-refractivity contribution in [3.05, 3.63) is 48.3 Å². The zero-order valence-corrected chi connectivity index (χ0v) is 10.7. The number of aromatic nitrogens is 1. The second-order valence-electron chi connectivity index (χ2n) is 4.17. The number of carbonyl (C=O) groups is 1. The topological polar surface area (TPSA) is 62.7 Å². The third-order valence-corrected chi connectivity index (χ3v) is 2.43. The first kappa shape index (κ1) is 12.9. The Bertz CT molecular complexity index is 579. The van der Waals surface area contributed by atoms with Crippen molar-refractivity contribution >= 4 is 5.91 Å². The zero-order valence-electron chi connectivity index (χ0n) is 10.7. The van der Waals surface area contributed by atoms with Crippen molar-refractivity contribution in [3.8, 4) is 17.2 Å². The van der Waals surface area contributed by atoms with Gasteiger partial charge in [0.2, 0.25) is 0 Å². The molecular weight excluding hydrogens is 244 g/mol. The molecule has 0 aliphatic heterocycles. The van der Waals surface area contributed by atoms with Crippen LogP contribution >= 0.6 is 0 Å². The quantitative estimate of drug-likeness (QED) is 0.917. The van der Waals surface area contributed by atoms with Crippen molar-refractivity contribution in [2.24, 2.45) is 0 Å². The summed E-state index contributed by atoms with van der Waals surface area (Å²) in [6, 6.07) is 9.59. The summed E-state index contributed by atoms with van der Waals surface area (Å²) in [6.07, 6.45) is 1.52. The van der Waals surface area contributed by atoms with E-state index in [1.165, 1.54) is 23.2 Å². The molecule has 0 atom stereocenters. The summed E-state index contributed by atoms with van der Waals surface area (Å²) in [7, 11) is 3.33. The van der Waals surface area contributed by atoms with Gasteiger partial charge in [-0.2, -0.15) is 0 Å². The number of hydrogen-bond acceptors (Lipinski definition) is 4. The first-order valence-electron chi connectivity index (χ1n) is 5.71. The van der Waals surface area contributed by atoms with Crippen LogP contribution in [0.4, 0.5) is 0 Å². The van der Waals surface area contributed by atoms with Gasteiger partial charge < -0.3 is 14.7 Å². The number of benzene rings is 1. The molecule has 0 aliphatic carbocycles. The van der Waals surface area contributed by atoms with Gasteiger partial charge >= 0.3 is 0 Å². The van der Waals surface area contributed by atoms with Crippen LogP contribution in [0.3, 0.4) is 0 Å². The zero-order chi connectivity index (χ0) is 13.8. The smallest absolute Gasteiger partial charge is 0.272 e. The van der Waals surface area contributed by atoms with Gasteiger partial charge in [0, 0.05) is 26.4 Å². The van der Waals surface area contributed by atoms with Crippen molar-refractivity contribution in [1.82, 2.24) is 9.88 Å². The Labute approximate surface area is 111 Å². The van der Waals surface area contributed by atoms with Gasteiger partial charge in [-0.05, 0) is 30.3 Å². The maximum absolute atomic E-state index is 11.8. The van der Waals surface area contributed by atoms with E-state index in [2.05, 4.69) is 4.98 Å². The fourth-order valence-electron chi connectivity index (χ4n) is 1.47. The molecule has 19 heavy (non-hydrogen) atoms. The summed E-state index contributed by atoms with van der Waals surface area (Å²) in [5.41, 5.74) is 0.321. The molecule has 0 saturated carbocycles. The second kappa shape index (κ2) is 5.39. The van der Waals surface area contributed by atoms with Crippen molar-refractivity contribution in [1.29, 1.82) is 0 Å². The largest absolute Gasteiger partial charge is 0.508 e. The number of hydrogen-bond donors (Lipinski definition) is 1. The molecule has 5 nitrogen and oxygen atoms in total. The van der Waals surface area contributed by atoms with Crippen molar-refractivity contribution in [2.45, 2.75) is 0 Å². The lowest BCUT2D eigenvalue weighted by Gasteiger charge is -2.10. The fraction of sp³-hybridized carbons (Fsp3) is 0.143. The molecule has 0 fully saturated rings. The molecule has 1 aromatic heterocycles. The number of carbonyl (C=O) groups excluding carboxylic acids is 1. The van der Waals surface area contributed by atoms with Crippen LogP contribution in [0, 0.1) is 0 Å². The number of phenols is 1. The van der Waals surface area contributed by atoms with Crippen molar-refractivity contribution in [2.75, 3.05) is 14.1 Å². The molecule has 1 aromatic carbocycles. The molecule has 98 valence electrons. The van der Waals surface area contributed by atoms with Crippen LogP contribution in [0.15, 0.2) is 42.6 Å². The minimum atomic E-state index is -0.184. The van der Waals surface area contributed by atoms with Gasteiger partial charge in [-0.25, -0.2) is 0 Å². The number of rotatable bonds is 3. The van der Waals surface area contributed by atoms with Gasteiger partial charge in [0.25, 0.3) is 5.91 Å². The number of nitrogens with zero attached hydrogens (tertiary/aromatic N) is 2. The number of ether oxygens (including phenoxy) is 1. The van der Waals surface area contributed by atoms with Gasteiger partial charge in [-0.1, -0.05) is 0 Å². The van der Waals surface area contributed by atoms with E-state index in [4.69, 9.17) is 4.74 Å². The summed E-state index contributed by atoms with van der Waals surface area (Å²) in [6.45, 7) is 0. The Balaban J connectivity index is 2.19. The van der Waals surface area contributed by atoms with Crippen LogP contribution < -0.4 is 4.74 Å². The van der Waals surface area contributed by atoms with Crippen LogP contribution in [0.1, 0.15) is 10.5 Å². The van der Waals surface area contributed by atoms with E-state index in [0.29, 0.717) is 17.2 Å². The van der Waals surface area contributed by atoms with E-state index < -0.39 is 0 Å².